The predicted octanol–water partition coefficient (Wildman–Crippen LogP) is 0.944. The zero-order valence-electron chi connectivity index (χ0n) is 14.2. The maximum Gasteiger partial charge on any atom is 0.338 e. The topological polar surface area (TPSA) is 127 Å². The lowest BCUT2D eigenvalue weighted by atomic mass is 9.85. The van der Waals surface area contributed by atoms with E-state index in [1.807, 2.05) is 6.07 Å². The van der Waals surface area contributed by atoms with Crippen LogP contribution in [0.25, 0.3) is 0 Å². The van der Waals surface area contributed by atoms with Gasteiger partial charge in [0.2, 0.25) is 11.9 Å². The maximum absolute atomic E-state index is 12.0. The van der Waals surface area contributed by atoms with E-state index in [0.29, 0.717) is 43.5 Å². The van der Waals surface area contributed by atoms with Crippen LogP contribution in [0.15, 0.2) is 34.3 Å². The molecule has 0 radical (unpaired) electrons. The summed E-state index contributed by atoms with van der Waals surface area (Å²) >= 11 is 0. The molecule has 1 fully saturated rings. The zero-order chi connectivity index (χ0) is 18.0. The summed E-state index contributed by atoms with van der Waals surface area (Å²) in [5, 5.41) is 9.87. The number of carbonyl (C=O) groups is 1. The third-order valence-electron chi connectivity index (χ3n) is 4.57. The van der Waals surface area contributed by atoms with Gasteiger partial charge in [-0.05, 0) is 50.8 Å². The van der Waals surface area contributed by atoms with Crippen LogP contribution in [0, 0.1) is 0 Å². The molecule has 1 aliphatic heterocycles. The molecule has 0 saturated heterocycles. The molecule has 0 aromatic heterocycles. The number of aliphatic hydroxyl groups excluding tert-OH is 1. The SMILES string of the molecule is CCOC(=O)c1cccc(N2C(N)=NC(N)=NC23CCC(O)CC3)c1. The average molecular weight is 345 g/mol. The van der Waals surface area contributed by atoms with Crippen LogP contribution in [-0.4, -0.2) is 41.4 Å². The number of hydrogen-bond acceptors (Lipinski definition) is 8. The number of benzene rings is 1. The van der Waals surface area contributed by atoms with Gasteiger partial charge in [-0.3, -0.25) is 4.90 Å². The van der Waals surface area contributed by atoms with E-state index in [1.165, 1.54) is 0 Å². The molecule has 0 atom stereocenters. The lowest BCUT2D eigenvalue weighted by Gasteiger charge is -2.46. The van der Waals surface area contributed by atoms with E-state index in [1.54, 1.807) is 30.0 Å². The van der Waals surface area contributed by atoms with Gasteiger partial charge >= 0.3 is 5.97 Å². The van der Waals surface area contributed by atoms with Crippen molar-refractivity contribution in [3.8, 4) is 0 Å². The Balaban J connectivity index is 2.00. The zero-order valence-corrected chi connectivity index (χ0v) is 14.2. The first-order valence-corrected chi connectivity index (χ1v) is 8.40. The Labute approximate surface area is 146 Å². The van der Waals surface area contributed by atoms with Gasteiger partial charge in [-0.2, -0.15) is 4.99 Å². The van der Waals surface area contributed by atoms with E-state index in [0.717, 1.165) is 0 Å². The number of ether oxygens (including phenoxy) is 1. The van der Waals surface area contributed by atoms with Crippen LogP contribution in [0.5, 0.6) is 0 Å². The number of carbonyl (C=O) groups excluding carboxylic acids is 1. The molecule has 1 aromatic rings. The van der Waals surface area contributed by atoms with Gasteiger partial charge in [0.1, 0.15) is 5.66 Å². The third kappa shape index (κ3) is 3.30. The summed E-state index contributed by atoms with van der Waals surface area (Å²) in [6.45, 7) is 2.07. The second-order valence-corrected chi connectivity index (χ2v) is 6.26. The normalized spacial score (nSPS) is 26.2. The summed E-state index contributed by atoms with van der Waals surface area (Å²) in [4.78, 5) is 22.5. The van der Waals surface area contributed by atoms with Crippen molar-refractivity contribution in [1.82, 2.24) is 0 Å². The number of guanidine groups is 2. The Kier molecular flexibility index (Phi) is 4.63. The van der Waals surface area contributed by atoms with Gasteiger partial charge < -0.3 is 21.3 Å². The summed E-state index contributed by atoms with van der Waals surface area (Å²) in [5.41, 5.74) is 12.4. The summed E-state index contributed by atoms with van der Waals surface area (Å²) in [6.07, 6.45) is 2.02. The minimum atomic E-state index is -0.692. The quantitative estimate of drug-likeness (QED) is 0.700. The highest BCUT2D eigenvalue weighted by atomic mass is 16.5. The molecule has 3 rings (SSSR count). The minimum Gasteiger partial charge on any atom is -0.462 e. The Morgan fingerprint density at radius 2 is 2.12 bits per heavy atom. The lowest BCUT2D eigenvalue weighted by Crippen LogP contribution is -2.59. The summed E-state index contributed by atoms with van der Waals surface area (Å²) in [5.74, 6) is -0.0374. The molecule has 8 nitrogen and oxygen atoms in total. The maximum atomic E-state index is 12.0. The van der Waals surface area contributed by atoms with Gasteiger partial charge in [0.15, 0.2) is 0 Å². The van der Waals surface area contributed by atoms with Gasteiger partial charge in [0.25, 0.3) is 0 Å². The molecule has 1 spiro atoms. The highest BCUT2D eigenvalue weighted by Gasteiger charge is 2.44. The summed E-state index contributed by atoms with van der Waals surface area (Å²) in [6, 6.07) is 7.01. The number of aliphatic hydroxyl groups is 1. The molecule has 1 aliphatic carbocycles. The Morgan fingerprint density at radius 3 is 2.80 bits per heavy atom. The van der Waals surface area contributed by atoms with Crippen molar-refractivity contribution in [3.05, 3.63) is 29.8 Å². The Bertz CT molecular complexity index is 723. The van der Waals surface area contributed by atoms with Crippen LogP contribution in [-0.2, 0) is 4.74 Å². The minimum absolute atomic E-state index is 0.131. The molecule has 0 unspecified atom stereocenters. The molecule has 8 heteroatoms. The second-order valence-electron chi connectivity index (χ2n) is 6.26. The van der Waals surface area contributed by atoms with E-state index in [9.17, 15) is 9.90 Å². The monoisotopic (exact) mass is 345 g/mol. The highest BCUT2D eigenvalue weighted by Crippen LogP contribution is 2.39. The van der Waals surface area contributed by atoms with E-state index in [4.69, 9.17) is 16.2 Å². The first kappa shape index (κ1) is 17.2. The Morgan fingerprint density at radius 1 is 1.40 bits per heavy atom. The van der Waals surface area contributed by atoms with Crippen LogP contribution in [0.2, 0.25) is 0 Å². The standard InChI is InChI=1S/C17H23N5O3/c1-2-25-14(24)11-4-3-5-12(10-11)22-16(19)20-15(18)21-17(22)8-6-13(23)7-9-17/h3-5,10,13,23H,2,6-9H2,1H3,(H4,18,19,20,21). The molecule has 25 heavy (non-hydrogen) atoms. The van der Waals surface area contributed by atoms with Gasteiger partial charge in [-0.1, -0.05) is 6.07 Å². The molecular weight excluding hydrogens is 322 g/mol. The molecule has 1 aromatic carbocycles. The number of hydrogen-bond donors (Lipinski definition) is 3. The number of aliphatic imine (C=N–C) groups is 2. The molecule has 134 valence electrons. The van der Waals surface area contributed by atoms with E-state index in [2.05, 4.69) is 9.98 Å². The van der Waals surface area contributed by atoms with Crippen molar-refractivity contribution in [2.45, 2.75) is 44.4 Å². The molecule has 1 saturated carbocycles. The fraction of sp³-hybridized carbons (Fsp3) is 0.471. The van der Waals surface area contributed by atoms with Crippen molar-refractivity contribution in [3.63, 3.8) is 0 Å². The van der Waals surface area contributed by atoms with Gasteiger partial charge in [0, 0.05) is 5.69 Å². The van der Waals surface area contributed by atoms with Crippen LogP contribution in [0.1, 0.15) is 43.0 Å². The first-order valence-electron chi connectivity index (χ1n) is 8.40. The van der Waals surface area contributed by atoms with Gasteiger partial charge in [-0.25, -0.2) is 9.79 Å². The van der Waals surface area contributed by atoms with Crippen molar-refractivity contribution >= 4 is 23.6 Å². The van der Waals surface area contributed by atoms with E-state index in [-0.39, 0.29) is 18.0 Å². The van der Waals surface area contributed by atoms with E-state index < -0.39 is 11.6 Å². The second kappa shape index (κ2) is 6.72. The number of rotatable bonds is 3. The first-order chi connectivity index (χ1) is 11.9. The highest BCUT2D eigenvalue weighted by molar-refractivity contribution is 6.06. The van der Waals surface area contributed by atoms with Crippen molar-refractivity contribution in [1.29, 1.82) is 0 Å². The van der Waals surface area contributed by atoms with Crippen molar-refractivity contribution < 1.29 is 14.6 Å². The van der Waals surface area contributed by atoms with E-state index >= 15 is 0 Å². The molecule has 1 heterocycles. The lowest BCUT2D eigenvalue weighted by molar-refractivity contribution is 0.0526. The smallest absolute Gasteiger partial charge is 0.338 e. The van der Waals surface area contributed by atoms with Gasteiger partial charge in [0.05, 0.1) is 18.3 Å². The Hall–Kier alpha value is -2.61. The molecule has 2 aliphatic rings. The average Bonchev–Trinajstić information content (AvgIpc) is 2.57. The van der Waals surface area contributed by atoms with Crippen LogP contribution >= 0.6 is 0 Å². The van der Waals surface area contributed by atoms with Crippen LogP contribution < -0.4 is 16.4 Å². The van der Waals surface area contributed by atoms with Crippen molar-refractivity contribution in [2.75, 3.05) is 11.5 Å². The molecule has 5 N–H and O–H groups in total. The van der Waals surface area contributed by atoms with Crippen LogP contribution in [0.4, 0.5) is 5.69 Å². The number of nitrogens with zero attached hydrogens (tertiary/aromatic N) is 3. The fourth-order valence-corrected chi connectivity index (χ4v) is 3.43. The van der Waals surface area contributed by atoms with Gasteiger partial charge in [-0.15, -0.1) is 0 Å². The molecule has 0 amide bonds. The molecule has 0 bridgehead atoms. The van der Waals surface area contributed by atoms with Crippen LogP contribution in [0.3, 0.4) is 0 Å². The summed E-state index contributed by atoms with van der Waals surface area (Å²) in [7, 11) is 0. The predicted molar refractivity (Wildman–Crippen MR) is 95.3 cm³/mol. The van der Waals surface area contributed by atoms with Crippen molar-refractivity contribution in [2.24, 2.45) is 21.5 Å². The number of anilines is 1. The molecular formula is C17H23N5O3. The summed E-state index contributed by atoms with van der Waals surface area (Å²) < 4.78 is 5.07. The fourth-order valence-electron chi connectivity index (χ4n) is 3.43. The third-order valence-corrected chi connectivity index (χ3v) is 4.57. The number of esters is 1. The number of nitrogens with two attached hydrogens (primary N) is 2. The largest absolute Gasteiger partial charge is 0.462 e.